The lowest BCUT2D eigenvalue weighted by atomic mass is 10.1. The molecule has 2 aromatic carbocycles. The average molecular weight is 304 g/mol. The fraction of sp³-hybridized carbons (Fsp3) is 0.133. The molecule has 0 aromatic heterocycles. The van der Waals surface area contributed by atoms with Gasteiger partial charge in [-0.1, -0.05) is 30.3 Å². The summed E-state index contributed by atoms with van der Waals surface area (Å²) in [6.07, 6.45) is 0.266. The van der Waals surface area contributed by atoms with E-state index in [0.29, 0.717) is 5.69 Å². The molecule has 1 N–H and O–H groups in total. The highest BCUT2D eigenvalue weighted by Gasteiger charge is 2.14. The van der Waals surface area contributed by atoms with Crippen molar-refractivity contribution >= 4 is 15.7 Å². The van der Waals surface area contributed by atoms with Gasteiger partial charge < -0.3 is 0 Å². The molecular formula is C15H13FN2O2S. The average Bonchev–Trinajstić information content (AvgIpc) is 2.43. The molecule has 0 spiro atoms. The predicted molar refractivity (Wildman–Crippen MR) is 78.4 cm³/mol. The number of anilines is 1. The second-order valence-corrected chi connectivity index (χ2v) is 6.21. The van der Waals surface area contributed by atoms with Gasteiger partial charge in [0.1, 0.15) is 5.82 Å². The molecule has 0 heterocycles. The Morgan fingerprint density at radius 3 is 2.38 bits per heavy atom. The predicted octanol–water partition coefficient (Wildman–Crippen LogP) is 2.83. The van der Waals surface area contributed by atoms with Crippen LogP contribution < -0.4 is 4.72 Å². The fourth-order valence-electron chi connectivity index (χ4n) is 1.82. The molecule has 0 saturated heterocycles. The van der Waals surface area contributed by atoms with Crippen molar-refractivity contribution in [2.45, 2.75) is 12.2 Å². The van der Waals surface area contributed by atoms with Crippen molar-refractivity contribution in [1.82, 2.24) is 0 Å². The van der Waals surface area contributed by atoms with Crippen molar-refractivity contribution in [1.29, 1.82) is 5.26 Å². The summed E-state index contributed by atoms with van der Waals surface area (Å²) in [5.41, 5.74) is 1.30. The molecule has 2 rings (SSSR count). The van der Waals surface area contributed by atoms with Gasteiger partial charge in [-0.3, -0.25) is 4.72 Å². The third kappa shape index (κ3) is 4.29. The van der Waals surface area contributed by atoms with Crippen molar-refractivity contribution in [2.75, 3.05) is 4.72 Å². The number of benzene rings is 2. The molecule has 0 aliphatic heterocycles. The molecule has 6 heteroatoms. The maximum Gasteiger partial charge on any atom is 0.237 e. The van der Waals surface area contributed by atoms with Crippen LogP contribution in [0.15, 0.2) is 48.5 Å². The number of halogens is 1. The molecular weight excluding hydrogens is 291 g/mol. The van der Waals surface area contributed by atoms with Crippen LogP contribution in [-0.4, -0.2) is 8.42 Å². The minimum absolute atomic E-state index is 0.117. The van der Waals surface area contributed by atoms with Crippen LogP contribution in [-0.2, 0) is 22.2 Å². The Morgan fingerprint density at radius 2 is 1.76 bits per heavy atom. The van der Waals surface area contributed by atoms with E-state index in [0.717, 1.165) is 5.56 Å². The van der Waals surface area contributed by atoms with E-state index in [1.807, 2.05) is 6.07 Å². The van der Waals surface area contributed by atoms with Crippen molar-refractivity contribution < 1.29 is 12.8 Å². The van der Waals surface area contributed by atoms with Crippen molar-refractivity contribution in [2.24, 2.45) is 0 Å². The minimum atomic E-state index is -3.69. The first-order valence-electron chi connectivity index (χ1n) is 6.20. The van der Waals surface area contributed by atoms with E-state index in [1.54, 1.807) is 30.3 Å². The quantitative estimate of drug-likeness (QED) is 0.923. The largest absolute Gasteiger partial charge is 0.283 e. The first kappa shape index (κ1) is 15.0. The van der Waals surface area contributed by atoms with Crippen LogP contribution in [0.25, 0.3) is 0 Å². The Hall–Kier alpha value is -2.39. The van der Waals surface area contributed by atoms with Gasteiger partial charge in [0, 0.05) is 11.3 Å². The van der Waals surface area contributed by atoms with Gasteiger partial charge in [-0.25, -0.2) is 12.8 Å². The van der Waals surface area contributed by atoms with Crippen LogP contribution in [0.3, 0.4) is 0 Å². The lowest BCUT2D eigenvalue weighted by Crippen LogP contribution is -2.15. The molecule has 0 fully saturated rings. The van der Waals surface area contributed by atoms with Gasteiger partial charge in [0.25, 0.3) is 0 Å². The first-order valence-corrected chi connectivity index (χ1v) is 7.85. The highest BCUT2D eigenvalue weighted by molar-refractivity contribution is 7.91. The summed E-state index contributed by atoms with van der Waals surface area (Å²) < 4.78 is 39.9. The molecule has 2 aromatic rings. The molecule has 4 nitrogen and oxygen atoms in total. The second kappa shape index (κ2) is 6.37. The molecule has 108 valence electrons. The van der Waals surface area contributed by atoms with E-state index in [4.69, 9.17) is 5.26 Å². The summed E-state index contributed by atoms with van der Waals surface area (Å²) in [5.74, 6) is -0.980. The van der Waals surface area contributed by atoms with Gasteiger partial charge in [-0.05, 0) is 23.8 Å². The number of nitrogens with zero attached hydrogens (tertiary/aromatic N) is 1. The summed E-state index contributed by atoms with van der Waals surface area (Å²) in [4.78, 5) is 0. The number of nitrogens with one attached hydrogen (secondary N) is 1. The Balaban J connectivity index is 2.11. The summed E-state index contributed by atoms with van der Waals surface area (Å²) in [5, 5.41) is 8.57. The zero-order valence-corrected chi connectivity index (χ0v) is 11.9. The van der Waals surface area contributed by atoms with Crippen LogP contribution in [0.2, 0.25) is 0 Å². The molecule has 0 bridgehead atoms. The zero-order chi connectivity index (χ0) is 15.3. The van der Waals surface area contributed by atoms with Gasteiger partial charge in [-0.15, -0.1) is 0 Å². The molecule has 0 unspecified atom stereocenters. The zero-order valence-electron chi connectivity index (χ0n) is 11.1. The summed E-state index contributed by atoms with van der Waals surface area (Å²) >= 11 is 0. The Bertz CT molecular complexity index is 765. The van der Waals surface area contributed by atoms with Gasteiger partial charge in [0.05, 0.1) is 18.2 Å². The van der Waals surface area contributed by atoms with Crippen molar-refractivity contribution in [3.8, 4) is 6.07 Å². The van der Waals surface area contributed by atoms with Crippen LogP contribution in [0.5, 0.6) is 0 Å². The normalized spacial score (nSPS) is 10.9. The van der Waals surface area contributed by atoms with Crippen LogP contribution in [0.1, 0.15) is 11.1 Å². The van der Waals surface area contributed by atoms with Crippen LogP contribution in [0, 0.1) is 17.1 Å². The van der Waals surface area contributed by atoms with Gasteiger partial charge in [-0.2, -0.15) is 5.26 Å². The third-order valence-electron chi connectivity index (χ3n) is 2.81. The number of nitriles is 1. The number of sulfonamides is 1. The lowest BCUT2D eigenvalue weighted by molar-refractivity contribution is 0.591. The molecule has 21 heavy (non-hydrogen) atoms. The number of hydrogen-bond acceptors (Lipinski definition) is 3. The monoisotopic (exact) mass is 304 g/mol. The minimum Gasteiger partial charge on any atom is -0.283 e. The Kier molecular flexibility index (Phi) is 4.55. The Labute approximate surface area is 122 Å². The number of hydrogen-bond donors (Lipinski definition) is 1. The van der Waals surface area contributed by atoms with E-state index in [9.17, 15) is 12.8 Å². The molecule has 0 radical (unpaired) electrons. The summed E-state index contributed by atoms with van der Waals surface area (Å²) in [7, 11) is -3.69. The summed E-state index contributed by atoms with van der Waals surface area (Å²) in [6.45, 7) is 0. The number of rotatable bonds is 5. The van der Waals surface area contributed by atoms with Gasteiger partial charge >= 0.3 is 0 Å². The van der Waals surface area contributed by atoms with Crippen molar-refractivity contribution in [3.05, 3.63) is 65.5 Å². The SMILES string of the molecule is N#CCc1ccc(NS(=O)(=O)Cc2ccccc2F)cc1. The van der Waals surface area contributed by atoms with Gasteiger partial charge in [0.2, 0.25) is 10.0 Å². The van der Waals surface area contributed by atoms with E-state index in [-0.39, 0.29) is 12.0 Å². The second-order valence-electron chi connectivity index (χ2n) is 4.48. The summed E-state index contributed by atoms with van der Waals surface area (Å²) in [6, 6.07) is 14.3. The van der Waals surface area contributed by atoms with E-state index in [1.165, 1.54) is 18.2 Å². The molecule has 0 aliphatic rings. The third-order valence-corrected chi connectivity index (χ3v) is 4.05. The Morgan fingerprint density at radius 1 is 1.10 bits per heavy atom. The van der Waals surface area contributed by atoms with E-state index >= 15 is 0 Å². The molecule has 0 atom stereocenters. The van der Waals surface area contributed by atoms with E-state index < -0.39 is 21.6 Å². The van der Waals surface area contributed by atoms with E-state index in [2.05, 4.69) is 4.72 Å². The smallest absolute Gasteiger partial charge is 0.237 e. The highest BCUT2D eigenvalue weighted by Crippen LogP contribution is 2.15. The first-order chi connectivity index (χ1) is 10.00. The van der Waals surface area contributed by atoms with Crippen molar-refractivity contribution in [3.63, 3.8) is 0 Å². The lowest BCUT2D eigenvalue weighted by Gasteiger charge is -2.09. The maximum absolute atomic E-state index is 13.5. The van der Waals surface area contributed by atoms with Gasteiger partial charge in [0.15, 0.2) is 0 Å². The van der Waals surface area contributed by atoms with Crippen LogP contribution in [0.4, 0.5) is 10.1 Å². The topological polar surface area (TPSA) is 70.0 Å². The highest BCUT2D eigenvalue weighted by atomic mass is 32.2. The maximum atomic E-state index is 13.5. The van der Waals surface area contributed by atoms with Crippen LogP contribution >= 0.6 is 0 Å². The fourth-order valence-corrected chi connectivity index (χ4v) is 3.03. The molecule has 0 amide bonds. The molecule has 0 aliphatic carbocycles. The molecule has 0 saturated carbocycles. The standard InChI is InChI=1S/C15H13FN2O2S/c16-15-4-2-1-3-13(15)11-21(19,20)18-14-7-5-12(6-8-14)9-10-17/h1-8,18H,9,11H2.